The molecule has 1 aliphatic heterocycles. The second kappa shape index (κ2) is 4.72. The molecule has 0 amide bonds. The first-order chi connectivity index (χ1) is 7.58. The number of pyridine rings is 1. The maximum Gasteiger partial charge on any atom is 0.128 e. The van der Waals surface area contributed by atoms with Crippen LogP contribution in [-0.2, 0) is 0 Å². The molecule has 1 aliphatic rings. The number of anilines is 1. The molecule has 0 saturated carbocycles. The van der Waals surface area contributed by atoms with Gasteiger partial charge >= 0.3 is 0 Å². The van der Waals surface area contributed by atoms with Gasteiger partial charge in [0.15, 0.2) is 0 Å². The van der Waals surface area contributed by atoms with E-state index < -0.39 is 0 Å². The first-order valence-corrected chi connectivity index (χ1v) is 6.42. The minimum absolute atomic E-state index is 0.159. The van der Waals surface area contributed by atoms with Crippen LogP contribution >= 0.6 is 15.9 Å². The number of aliphatic hydroxyl groups excluding tert-OH is 1. The molecular weight excluding hydrogens is 268 g/mol. The molecule has 0 bridgehead atoms. The highest BCUT2D eigenvalue weighted by molar-refractivity contribution is 9.10. The number of aryl methyl sites for hydroxylation is 1. The zero-order valence-corrected chi connectivity index (χ0v) is 11.2. The summed E-state index contributed by atoms with van der Waals surface area (Å²) >= 11 is 3.45. The quantitative estimate of drug-likeness (QED) is 0.860. The summed E-state index contributed by atoms with van der Waals surface area (Å²) < 4.78 is 1.04. The Morgan fingerprint density at radius 1 is 1.56 bits per heavy atom. The van der Waals surface area contributed by atoms with Crippen LogP contribution in [0.5, 0.6) is 0 Å². The van der Waals surface area contributed by atoms with Crippen molar-refractivity contribution in [3.63, 3.8) is 0 Å². The third-order valence-electron chi connectivity index (χ3n) is 3.22. The van der Waals surface area contributed by atoms with Crippen molar-refractivity contribution in [1.82, 2.24) is 4.98 Å². The van der Waals surface area contributed by atoms with Crippen molar-refractivity contribution in [1.29, 1.82) is 0 Å². The van der Waals surface area contributed by atoms with Crippen LogP contribution in [-0.4, -0.2) is 29.3 Å². The Morgan fingerprint density at radius 3 is 2.94 bits per heavy atom. The van der Waals surface area contributed by atoms with Crippen molar-refractivity contribution in [2.45, 2.75) is 26.4 Å². The monoisotopic (exact) mass is 284 g/mol. The van der Waals surface area contributed by atoms with Gasteiger partial charge in [-0.2, -0.15) is 0 Å². The van der Waals surface area contributed by atoms with Gasteiger partial charge in [0.2, 0.25) is 0 Å². The molecule has 2 unspecified atom stereocenters. The zero-order valence-electron chi connectivity index (χ0n) is 9.65. The van der Waals surface area contributed by atoms with Gasteiger partial charge in [-0.15, -0.1) is 0 Å². The van der Waals surface area contributed by atoms with Crippen LogP contribution in [0, 0.1) is 12.8 Å². The van der Waals surface area contributed by atoms with Crippen molar-refractivity contribution in [2.24, 2.45) is 5.92 Å². The SMILES string of the molecule is Cc1cc(N2CCC(O)C(C)C2)ncc1Br. The first-order valence-electron chi connectivity index (χ1n) is 5.63. The number of hydrogen-bond donors (Lipinski definition) is 1. The molecule has 88 valence electrons. The molecule has 0 aliphatic carbocycles. The average molecular weight is 285 g/mol. The predicted octanol–water partition coefficient (Wildman–Crippen LogP) is 2.36. The fraction of sp³-hybridized carbons (Fsp3) is 0.583. The molecule has 2 rings (SSSR count). The van der Waals surface area contributed by atoms with Gasteiger partial charge in [0, 0.05) is 23.8 Å². The van der Waals surface area contributed by atoms with Gasteiger partial charge in [0.25, 0.3) is 0 Å². The van der Waals surface area contributed by atoms with E-state index in [2.05, 4.69) is 45.7 Å². The Kier molecular flexibility index (Phi) is 3.50. The molecule has 1 N–H and O–H groups in total. The summed E-state index contributed by atoms with van der Waals surface area (Å²) in [6, 6.07) is 2.09. The lowest BCUT2D eigenvalue weighted by Crippen LogP contribution is -2.42. The van der Waals surface area contributed by atoms with Crippen molar-refractivity contribution in [3.8, 4) is 0 Å². The van der Waals surface area contributed by atoms with Gasteiger partial charge in [0.1, 0.15) is 5.82 Å². The van der Waals surface area contributed by atoms with Crippen LogP contribution < -0.4 is 4.90 Å². The van der Waals surface area contributed by atoms with Crippen LogP contribution in [0.4, 0.5) is 5.82 Å². The lowest BCUT2D eigenvalue weighted by molar-refractivity contribution is 0.0969. The Labute approximate surface area is 105 Å². The van der Waals surface area contributed by atoms with Crippen molar-refractivity contribution < 1.29 is 5.11 Å². The van der Waals surface area contributed by atoms with E-state index in [1.807, 2.05) is 6.20 Å². The molecule has 1 aromatic rings. The lowest BCUT2D eigenvalue weighted by Gasteiger charge is -2.35. The highest BCUT2D eigenvalue weighted by Gasteiger charge is 2.24. The molecular formula is C12H17BrN2O. The summed E-state index contributed by atoms with van der Waals surface area (Å²) in [6.45, 7) is 5.93. The molecule has 1 aromatic heterocycles. The summed E-state index contributed by atoms with van der Waals surface area (Å²) in [5, 5.41) is 9.69. The fourth-order valence-electron chi connectivity index (χ4n) is 2.04. The van der Waals surface area contributed by atoms with E-state index in [1.54, 1.807) is 0 Å². The summed E-state index contributed by atoms with van der Waals surface area (Å²) in [7, 11) is 0. The summed E-state index contributed by atoms with van der Waals surface area (Å²) in [4.78, 5) is 6.67. The lowest BCUT2D eigenvalue weighted by atomic mass is 9.97. The van der Waals surface area contributed by atoms with Gasteiger partial charge in [0.05, 0.1) is 6.10 Å². The molecule has 3 nitrogen and oxygen atoms in total. The minimum atomic E-state index is -0.159. The fourth-order valence-corrected chi connectivity index (χ4v) is 2.26. The highest BCUT2D eigenvalue weighted by Crippen LogP contribution is 2.24. The normalized spacial score (nSPS) is 25.9. The molecule has 1 saturated heterocycles. The molecule has 2 heterocycles. The number of rotatable bonds is 1. The Hall–Kier alpha value is -0.610. The first kappa shape index (κ1) is 11.9. The second-order valence-corrected chi connectivity index (χ2v) is 5.43. The standard InChI is InChI=1S/C12H17BrN2O/c1-8-5-12(14-6-10(8)13)15-4-3-11(16)9(2)7-15/h5-6,9,11,16H,3-4,7H2,1-2H3. The van der Waals surface area contributed by atoms with E-state index in [4.69, 9.17) is 0 Å². The number of aliphatic hydroxyl groups is 1. The molecule has 0 radical (unpaired) electrons. The van der Waals surface area contributed by atoms with Gasteiger partial charge in [-0.3, -0.25) is 0 Å². The van der Waals surface area contributed by atoms with E-state index in [0.717, 1.165) is 29.8 Å². The van der Waals surface area contributed by atoms with Crippen LogP contribution in [0.3, 0.4) is 0 Å². The number of piperidine rings is 1. The second-order valence-electron chi connectivity index (χ2n) is 4.57. The third-order valence-corrected chi connectivity index (χ3v) is 4.05. The van der Waals surface area contributed by atoms with Gasteiger partial charge < -0.3 is 10.0 Å². The maximum absolute atomic E-state index is 9.69. The molecule has 0 spiro atoms. The van der Waals surface area contributed by atoms with Crippen molar-refractivity contribution in [3.05, 3.63) is 22.3 Å². The average Bonchev–Trinajstić information content (AvgIpc) is 2.26. The molecule has 16 heavy (non-hydrogen) atoms. The summed E-state index contributed by atoms with van der Waals surface area (Å²) in [5.41, 5.74) is 1.20. The third kappa shape index (κ3) is 2.38. The van der Waals surface area contributed by atoms with Crippen LogP contribution in [0.2, 0.25) is 0 Å². The largest absolute Gasteiger partial charge is 0.393 e. The van der Waals surface area contributed by atoms with Crippen molar-refractivity contribution >= 4 is 21.7 Å². The summed E-state index contributed by atoms with van der Waals surface area (Å²) in [6.07, 6.45) is 2.52. The number of halogens is 1. The van der Waals surface area contributed by atoms with Crippen LogP contribution in [0.1, 0.15) is 18.9 Å². The number of hydrogen-bond acceptors (Lipinski definition) is 3. The van der Waals surface area contributed by atoms with Crippen LogP contribution in [0.15, 0.2) is 16.7 Å². The van der Waals surface area contributed by atoms with Gasteiger partial charge in [-0.05, 0) is 46.8 Å². The van der Waals surface area contributed by atoms with Crippen LogP contribution in [0.25, 0.3) is 0 Å². The minimum Gasteiger partial charge on any atom is -0.393 e. The Balaban J connectivity index is 2.15. The van der Waals surface area contributed by atoms with Crippen molar-refractivity contribution in [2.75, 3.05) is 18.0 Å². The van der Waals surface area contributed by atoms with Gasteiger partial charge in [-0.25, -0.2) is 4.98 Å². The Bertz CT molecular complexity index is 383. The molecule has 0 aromatic carbocycles. The predicted molar refractivity (Wildman–Crippen MR) is 68.7 cm³/mol. The maximum atomic E-state index is 9.69. The topological polar surface area (TPSA) is 36.4 Å². The smallest absolute Gasteiger partial charge is 0.128 e. The van der Waals surface area contributed by atoms with E-state index in [9.17, 15) is 5.11 Å². The Morgan fingerprint density at radius 2 is 2.31 bits per heavy atom. The van der Waals surface area contributed by atoms with Gasteiger partial charge in [-0.1, -0.05) is 6.92 Å². The zero-order chi connectivity index (χ0) is 11.7. The highest BCUT2D eigenvalue weighted by atomic mass is 79.9. The molecule has 4 heteroatoms. The number of aromatic nitrogens is 1. The number of nitrogens with zero attached hydrogens (tertiary/aromatic N) is 2. The van der Waals surface area contributed by atoms with E-state index in [1.165, 1.54) is 5.56 Å². The van der Waals surface area contributed by atoms with E-state index >= 15 is 0 Å². The van der Waals surface area contributed by atoms with E-state index in [-0.39, 0.29) is 6.10 Å². The summed E-state index contributed by atoms with van der Waals surface area (Å²) in [5.74, 6) is 1.33. The van der Waals surface area contributed by atoms with E-state index in [0.29, 0.717) is 5.92 Å². The molecule has 2 atom stereocenters. The molecule has 1 fully saturated rings.